The van der Waals surface area contributed by atoms with Crippen LogP contribution in [0.25, 0.3) is 10.2 Å². The van der Waals surface area contributed by atoms with Crippen LogP contribution in [0.4, 0.5) is 0 Å². The lowest BCUT2D eigenvalue weighted by molar-refractivity contribution is 0.318. The molecule has 120 valence electrons. The topological polar surface area (TPSA) is 55.0 Å². The van der Waals surface area contributed by atoms with E-state index in [4.69, 9.17) is 16.3 Å². The van der Waals surface area contributed by atoms with Crippen LogP contribution in [0.5, 0.6) is 5.75 Å². The van der Waals surface area contributed by atoms with Gasteiger partial charge in [-0.05, 0) is 43.7 Å². The molecule has 0 fully saturated rings. The normalized spacial score (nSPS) is 11.0. The van der Waals surface area contributed by atoms with Crippen LogP contribution in [0.1, 0.15) is 11.3 Å². The third-order valence-corrected chi connectivity index (χ3v) is 5.27. The fourth-order valence-electron chi connectivity index (χ4n) is 2.05. The average Bonchev–Trinajstić information content (AvgIpc) is 2.90. The van der Waals surface area contributed by atoms with Crippen LogP contribution >= 0.6 is 34.7 Å². The van der Waals surface area contributed by atoms with E-state index >= 15 is 0 Å². The first kappa shape index (κ1) is 16.4. The van der Waals surface area contributed by atoms with Crippen molar-refractivity contribution >= 4 is 44.9 Å². The van der Waals surface area contributed by atoms with Crippen molar-refractivity contribution in [3.63, 3.8) is 0 Å². The monoisotopic (exact) mass is 366 g/mol. The molecule has 0 aliphatic rings. The first-order valence-corrected chi connectivity index (χ1v) is 9.31. The number of ether oxygens (including phenoxy) is 1. The number of rotatable bonds is 6. The largest absolute Gasteiger partial charge is 0.494 e. The van der Waals surface area contributed by atoms with Gasteiger partial charge in [0.05, 0.1) is 12.0 Å². The number of benzene rings is 1. The number of hydrogen-bond donors (Lipinski definition) is 1. The summed E-state index contributed by atoms with van der Waals surface area (Å²) < 4.78 is 5.63. The molecule has 0 spiro atoms. The molecule has 0 saturated carbocycles. The molecule has 7 heteroatoms. The second-order valence-corrected chi connectivity index (χ2v) is 7.71. The highest BCUT2D eigenvalue weighted by Crippen LogP contribution is 2.23. The zero-order valence-corrected chi connectivity index (χ0v) is 14.9. The minimum absolute atomic E-state index is 0.0701. The van der Waals surface area contributed by atoms with Gasteiger partial charge < -0.3 is 9.72 Å². The second-order valence-electron chi connectivity index (χ2n) is 4.95. The number of thiophene rings is 1. The first-order valence-electron chi connectivity index (χ1n) is 7.13. The third kappa shape index (κ3) is 4.28. The standard InChI is InChI=1S/C16H15ClN2O2S2/c1-10-9-13-14(20)18-16(19-15(13)23-10)22-8-2-7-21-12-5-3-11(17)4-6-12/h3-6,9H,2,7-8H2,1H3,(H,18,19,20). The number of H-pyrrole nitrogens is 1. The van der Waals surface area contributed by atoms with E-state index in [1.807, 2.05) is 25.1 Å². The highest BCUT2D eigenvalue weighted by molar-refractivity contribution is 7.99. The van der Waals surface area contributed by atoms with E-state index in [0.717, 1.165) is 27.6 Å². The molecule has 0 bridgehead atoms. The summed E-state index contributed by atoms with van der Waals surface area (Å²) in [6, 6.07) is 9.18. The smallest absolute Gasteiger partial charge is 0.260 e. The van der Waals surface area contributed by atoms with E-state index in [1.54, 1.807) is 23.5 Å². The van der Waals surface area contributed by atoms with E-state index in [1.165, 1.54) is 11.8 Å². The molecular formula is C16H15ClN2O2S2. The predicted molar refractivity (Wildman–Crippen MR) is 97.3 cm³/mol. The molecule has 1 N–H and O–H groups in total. The second kappa shape index (κ2) is 7.38. The van der Waals surface area contributed by atoms with Gasteiger partial charge in [-0.25, -0.2) is 4.98 Å². The summed E-state index contributed by atoms with van der Waals surface area (Å²) in [4.78, 5) is 21.2. The van der Waals surface area contributed by atoms with Gasteiger partial charge in [-0.3, -0.25) is 4.79 Å². The van der Waals surface area contributed by atoms with E-state index in [9.17, 15) is 4.79 Å². The van der Waals surface area contributed by atoms with Gasteiger partial charge in [0, 0.05) is 15.7 Å². The maximum Gasteiger partial charge on any atom is 0.260 e. The summed E-state index contributed by atoms with van der Waals surface area (Å²) in [5.41, 5.74) is -0.0701. The van der Waals surface area contributed by atoms with E-state index in [-0.39, 0.29) is 5.56 Å². The number of fused-ring (bicyclic) bond motifs is 1. The fourth-order valence-corrected chi connectivity index (χ4v) is 3.89. The Balaban J connectivity index is 1.50. The summed E-state index contributed by atoms with van der Waals surface area (Å²) in [6.07, 6.45) is 0.860. The summed E-state index contributed by atoms with van der Waals surface area (Å²) in [6.45, 7) is 2.59. The number of aromatic nitrogens is 2. The van der Waals surface area contributed by atoms with Crippen LogP contribution in [0.3, 0.4) is 0 Å². The molecule has 3 rings (SSSR count). The van der Waals surface area contributed by atoms with Crippen molar-refractivity contribution in [2.24, 2.45) is 0 Å². The molecule has 0 unspecified atom stereocenters. The highest BCUT2D eigenvalue weighted by atomic mass is 35.5. The van der Waals surface area contributed by atoms with Crippen LogP contribution in [0.15, 0.2) is 40.3 Å². The molecule has 1 aromatic carbocycles. The molecule has 4 nitrogen and oxygen atoms in total. The Kier molecular flexibility index (Phi) is 5.25. The Bertz CT molecular complexity index is 859. The van der Waals surface area contributed by atoms with Crippen LogP contribution < -0.4 is 10.3 Å². The number of thioether (sulfide) groups is 1. The Hall–Kier alpha value is -1.50. The Morgan fingerprint density at radius 2 is 2.13 bits per heavy atom. The fraction of sp³-hybridized carbons (Fsp3) is 0.250. The number of halogens is 1. The van der Waals surface area contributed by atoms with Gasteiger partial charge in [0.25, 0.3) is 5.56 Å². The first-order chi connectivity index (χ1) is 11.1. The summed E-state index contributed by atoms with van der Waals surface area (Å²) in [5, 5.41) is 2.03. The number of aryl methyl sites for hydroxylation is 1. The Morgan fingerprint density at radius 3 is 2.91 bits per heavy atom. The molecule has 0 radical (unpaired) electrons. The maximum absolute atomic E-state index is 12.0. The minimum atomic E-state index is -0.0701. The van der Waals surface area contributed by atoms with Crippen LogP contribution in [0, 0.1) is 6.92 Å². The van der Waals surface area contributed by atoms with E-state index < -0.39 is 0 Å². The van der Waals surface area contributed by atoms with Crippen molar-refractivity contribution in [2.45, 2.75) is 18.5 Å². The zero-order chi connectivity index (χ0) is 16.2. The van der Waals surface area contributed by atoms with E-state index in [2.05, 4.69) is 9.97 Å². The quantitative estimate of drug-likeness (QED) is 0.396. The van der Waals surface area contributed by atoms with Crippen molar-refractivity contribution in [2.75, 3.05) is 12.4 Å². The van der Waals surface area contributed by atoms with Crippen LogP contribution in [-0.2, 0) is 0 Å². The van der Waals surface area contributed by atoms with Crippen LogP contribution in [0.2, 0.25) is 5.02 Å². The van der Waals surface area contributed by atoms with Crippen molar-refractivity contribution in [3.8, 4) is 5.75 Å². The molecule has 0 aliphatic heterocycles. The van der Waals surface area contributed by atoms with Gasteiger partial charge in [-0.2, -0.15) is 0 Å². The molecule has 3 aromatic rings. The Morgan fingerprint density at radius 1 is 1.35 bits per heavy atom. The van der Waals surface area contributed by atoms with Crippen molar-refractivity contribution in [3.05, 3.63) is 50.6 Å². The lowest BCUT2D eigenvalue weighted by Crippen LogP contribution is -2.08. The Labute approximate surface area is 146 Å². The number of aromatic amines is 1. The number of hydrogen-bond acceptors (Lipinski definition) is 5. The van der Waals surface area contributed by atoms with Gasteiger partial charge in [-0.15, -0.1) is 11.3 Å². The number of nitrogens with one attached hydrogen (secondary N) is 1. The molecule has 2 heterocycles. The maximum atomic E-state index is 12.0. The van der Waals surface area contributed by atoms with Crippen molar-refractivity contribution in [1.82, 2.24) is 9.97 Å². The number of nitrogens with zero attached hydrogens (tertiary/aromatic N) is 1. The lowest BCUT2D eigenvalue weighted by Gasteiger charge is -2.05. The molecule has 23 heavy (non-hydrogen) atoms. The molecule has 0 aliphatic carbocycles. The van der Waals surface area contributed by atoms with Crippen molar-refractivity contribution in [1.29, 1.82) is 0 Å². The summed E-state index contributed by atoms with van der Waals surface area (Å²) in [5.74, 6) is 1.63. The average molecular weight is 367 g/mol. The summed E-state index contributed by atoms with van der Waals surface area (Å²) >= 11 is 8.90. The van der Waals surface area contributed by atoms with Gasteiger partial charge in [0.2, 0.25) is 0 Å². The molecule has 0 atom stereocenters. The van der Waals surface area contributed by atoms with Gasteiger partial charge in [0.15, 0.2) is 5.16 Å². The van der Waals surface area contributed by atoms with Gasteiger partial charge in [-0.1, -0.05) is 23.4 Å². The molecule has 0 amide bonds. The SMILES string of the molecule is Cc1cc2c(=O)[nH]c(SCCCOc3ccc(Cl)cc3)nc2s1. The van der Waals surface area contributed by atoms with Gasteiger partial charge >= 0.3 is 0 Å². The van der Waals surface area contributed by atoms with E-state index in [0.29, 0.717) is 22.2 Å². The highest BCUT2D eigenvalue weighted by Gasteiger charge is 2.07. The van der Waals surface area contributed by atoms with Gasteiger partial charge in [0.1, 0.15) is 10.6 Å². The molecule has 0 saturated heterocycles. The third-order valence-electron chi connectivity index (χ3n) is 3.11. The molecule has 2 aromatic heterocycles. The molecular weight excluding hydrogens is 352 g/mol. The lowest BCUT2D eigenvalue weighted by atomic mass is 10.3. The minimum Gasteiger partial charge on any atom is -0.494 e. The summed E-state index contributed by atoms with van der Waals surface area (Å²) in [7, 11) is 0. The van der Waals surface area contributed by atoms with Crippen molar-refractivity contribution < 1.29 is 4.74 Å². The zero-order valence-electron chi connectivity index (χ0n) is 12.5. The van der Waals surface area contributed by atoms with Crippen LogP contribution in [-0.4, -0.2) is 22.3 Å². The predicted octanol–water partition coefficient (Wildman–Crippen LogP) is 4.51.